The van der Waals surface area contributed by atoms with Gasteiger partial charge in [-0.1, -0.05) is 37.4 Å². The summed E-state index contributed by atoms with van der Waals surface area (Å²) in [5.74, 6) is 0.0323. The minimum absolute atomic E-state index is 0.174. The van der Waals surface area contributed by atoms with Gasteiger partial charge in [-0.05, 0) is 58.1 Å². The smallest absolute Gasteiger partial charge is 0.223 e. The number of benzene rings is 1. The zero-order valence-corrected chi connectivity index (χ0v) is 24.2. The summed E-state index contributed by atoms with van der Waals surface area (Å²) in [5, 5.41) is 3.98. The molecule has 3 aromatic rings. The highest BCUT2D eigenvalue weighted by Crippen LogP contribution is 2.31. The number of nitrogens with one attached hydrogen (secondary N) is 1. The van der Waals surface area contributed by atoms with Crippen molar-refractivity contribution in [2.45, 2.75) is 71.1 Å². The Hall–Kier alpha value is -1.94. The van der Waals surface area contributed by atoms with Crippen molar-refractivity contribution >= 4 is 40.5 Å². The van der Waals surface area contributed by atoms with Crippen molar-refractivity contribution in [2.24, 2.45) is 0 Å². The molecule has 0 saturated carbocycles. The molecule has 2 aliphatic heterocycles. The first-order valence-electron chi connectivity index (χ1n) is 13.2. The SMILES string of the molecule is C1CCOCC1.CC(C)SN1CCCC1.CNc1ncc(Cl)c(-c2cc(F)c3ncn(C(C)C)c3c2)n1. The minimum Gasteiger partial charge on any atom is -0.381 e. The van der Waals surface area contributed by atoms with Gasteiger partial charge in [0.1, 0.15) is 5.52 Å². The van der Waals surface area contributed by atoms with E-state index in [4.69, 9.17) is 16.3 Å². The van der Waals surface area contributed by atoms with Gasteiger partial charge in [0.2, 0.25) is 5.95 Å². The van der Waals surface area contributed by atoms with Gasteiger partial charge in [-0.2, -0.15) is 0 Å². The van der Waals surface area contributed by atoms with E-state index < -0.39 is 5.82 Å². The molecule has 204 valence electrons. The number of aromatic nitrogens is 4. The van der Waals surface area contributed by atoms with Crippen LogP contribution in [0, 0.1) is 5.82 Å². The molecule has 0 aliphatic carbocycles. The van der Waals surface area contributed by atoms with Crippen molar-refractivity contribution in [3.63, 3.8) is 0 Å². The Morgan fingerprint density at radius 3 is 2.27 bits per heavy atom. The van der Waals surface area contributed by atoms with E-state index in [-0.39, 0.29) is 6.04 Å². The lowest BCUT2D eigenvalue weighted by atomic mass is 10.1. The monoisotopic (exact) mass is 550 g/mol. The quantitative estimate of drug-likeness (QED) is 0.336. The van der Waals surface area contributed by atoms with Crippen LogP contribution in [0.3, 0.4) is 0 Å². The maximum absolute atomic E-state index is 14.3. The number of fused-ring (bicyclic) bond motifs is 1. The molecule has 2 fully saturated rings. The molecule has 0 spiro atoms. The lowest BCUT2D eigenvalue weighted by Gasteiger charge is -2.15. The molecule has 0 atom stereocenters. The fourth-order valence-electron chi connectivity index (χ4n) is 4.11. The highest BCUT2D eigenvalue weighted by atomic mass is 35.5. The predicted octanol–water partition coefficient (Wildman–Crippen LogP) is 7.23. The van der Waals surface area contributed by atoms with Gasteiger partial charge >= 0.3 is 0 Å². The molecule has 37 heavy (non-hydrogen) atoms. The Balaban J connectivity index is 0.000000206. The summed E-state index contributed by atoms with van der Waals surface area (Å²) in [6, 6.07) is 3.42. The summed E-state index contributed by atoms with van der Waals surface area (Å²) in [4.78, 5) is 12.5. The maximum atomic E-state index is 14.3. The zero-order chi connectivity index (χ0) is 26.8. The second-order valence-corrected chi connectivity index (χ2v) is 11.8. The van der Waals surface area contributed by atoms with E-state index in [2.05, 4.69) is 38.4 Å². The van der Waals surface area contributed by atoms with Crippen LogP contribution in [0.4, 0.5) is 10.3 Å². The van der Waals surface area contributed by atoms with Crippen molar-refractivity contribution in [3.05, 3.63) is 35.5 Å². The molecule has 0 amide bonds. The molecule has 4 heterocycles. The van der Waals surface area contributed by atoms with Gasteiger partial charge in [0.15, 0.2) is 5.82 Å². The molecule has 0 radical (unpaired) electrons. The molecule has 10 heteroatoms. The highest BCUT2D eigenvalue weighted by Gasteiger charge is 2.16. The number of hydrogen-bond acceptors (Lipinski definition) is 7. The van der Waals surface area contributed by atoms with Gasteiger partial charge in [0.05, 0.1) is 28.8 Å². The van der Waals surface area contributed by atoms with Gasteiger partial charge < -0.3 is 14.6 Å². The van der Waals surface area contributed by atoms with Crippen LogP contribution in [0.1, 0.15) is 65.8 Å². The van der Waals surface area contributed by atoms with E-state index in [0.29, 0.717) is 33.3 Å². The van der Waals surface area contributed by atoms with E-state index >= 15 is 0 Å². The summed E-state index contributed by atoms with van der Waals surface area (Å²) in [5.41, 5.74) is 2.14. The van der Waals surface area contributed by atoms with Crippen LogP contribution in [0.5, 0.6) is 0 Å². The minimum atomic E-state index is -0.396. The van der Waals surface area contributed by atoms with Crippen LogP contribution in [-0.2, 0) is 4.74 Å². The molecule has 0 unspecified atom stereocenters. The fraction of sp³-hybridized carbons (Fsp3) is 0.593. The van der Waals surface area contributed by atoms with E-state index in [1.807, 2.05) is 36.4 Å². The molecular weight excluding hydrogens is 511 g/mol. The Labute approximate surface area is 229 Å². The predicted molar refractivity (Wildman–Crippen MR) is 154 cm³/mol. The first-order valence-corrected chi connectivity index (χ1v) is 14.4. The van der Waals surface area contributed by atoms with Crippen LogP contribution >= 0.6 is 23.5 Å². The molecular formula is C27H40ClFN6OS. The molecule has 1 N–H and O–H groups in total. The average Bonchev–Trinajstić information content (AvgIpc) is 3.56. The lowest BCUT2D eigenvalue weighted by molar-refractivity contribution is 0.0968. The topological polar surface area (TPSA) is 68.1 Å². The molecule has 1 aromatic carbocycles. The Bertz CT molecular complexity index is 1100. The van der Waals surface area contributed by atoms with Crippen LogP contribution in [-0.4, -0.2) is 62.4 Å². The van der Waals surface area contributed by atoms with Crippen LogP contribution < -0.4 is 5.32 Å². The van der Waals surface area contributed by atoms with Gasteiger partial charge in [-0.25, -0.2) is 19.3 Å². The lowest BCUT2D eigenvalue weighted by Crippen LogP contribution is -2.12. The third kappa shape index (κ3) is 8.80. The fourth-order valence-corrected chi connectivity index (χ4v) is 5.37. The molecule has 5 rings (SSSR count). The summed E-state index contributed by atoms with van der Waals surface area (Å²) in [7, 11) is 1.71. The number of ether oxygens (including phenoxy) is 1. The van der Waals surface area contributed by atoms with Crippen molar-refractivity contribution in [3.8, 4) is 11.3 Å². The third-order valence-corrected chi connectivity index (χ3v) is 7.29. The van der Waals surface area contributed by atoms with E-state index in [9.17, 15) is 4.39 Å². The molecule has 2 saturated heterocycles. The number of halogens is 2. The third-order valence-electron chi connectivity index (χ3n) is 5.93. The zero-order valence-electron chi connectivity index (χ0n) is 22.6. The van der Waals surface area contributed by atoms with Crippen LogP contribution in [0.15, 0.2) is 24.7 Å². The molecule has 2 aliphatic rings. The molecule has 2 aromatic heterocycles. The summed E-state index contributed by atoms with van der Waals surface area (Å²) < 4.78 is 23.8. The highest BCUT2D eigenvalue weighted by molar-refractivity contribution is 7.97. The van der Waals surface area contributed by atoms with Gasteiger partial charge in [-0.15, -0.1) is 0 Å². The van der Waals surface area contributed by atoms with Crippen LogP contribution in [0.25, 0.3) is 22.3 Å². The van der Waals surface area contributed by atoms with Crippen molar-refractivity contribution in [1.82, 2.24) is 23.8 Å². The normalized spacial score (nSPS) is 15.9. The first kappa shape index (κ1) is 29.6. The van der Waals surface area contributed by atoms with Gasteiger partial charge in [0.25, 0.3) is 0 Å². The second-order valence-electron chi connectivity index (χ2n) is 9.67. The largest absolute Gasteiger partial charge is 0.381 e. The molecule has 0 bridgehead atoms. The van der Waals surface area contributed by atoms with E-state index in [0.717, 1.165) is 18.5 Å². The number of anilines is 1. The van der Waals surface area contributed by atoms with E-state index in [1.54, 1.807) is 13.4 Å². The van der Waals surface area contributed by atoms with E-state index in [1.165, 1.54) is 57.5 Å². The number of hydrogen-bond donors (Lipinski definition) is 1. The van der Waals surface area contributed by atoms with Crippen molar-refractivity contribution < 1.29 is 9.13 Å². The Kier molecular flexibility index (Phi) is 11.9. The van der Waals surface area contributed by atoms with Crippen molar-refractivity contribution in [1.29, 1.82) is 0 Å². The second kappa shape index (κ2) is 14.9. The number of nitrogens with zero attached hydrogens (tertiary/aromatic N) is 5. The molecule has 7 nitrogen and oxygen atoms in total. The number of imidazole rings is 1. The standard InChI is InChI=1S/C15H15ClFN5.C7H15NS.C5H10O/c1-8(2)22-7-20-14-11(17)4-9(5-12(14)22)13-10(16)6-19-15(18-3)21-13;1-7(2)9-8-5-3-4-6-8;1-2-4-6-5-3-1/h4-8H,1-3H3,(H,18,19,21);7H,3-6H2,1-2H3;1-5H2. The Morgan fingerprint density at radius 2 is 1.73 bits per heavy atom. The van der Waals surface area contributed by atoms with Gasteiger partial charge in [-0.3, -0.25) is 4.31 Å². The van der Waals surface area contributed by atoms with Crippen LogP contribution in [0.2, 0.25) is 5.02 Å². The first-order chi connectivity index (χ1) is 17.8. The summed E-state index contributed by atoms with van der Waals surface area (Å²) in [6.45, 7) is 13.2. The van der Waals surface area contributed by atoms with Crippen molar-refractivity contribution in [2.75, 3.05) is 38.7 Å². The number of rotatable bonds is 5. The average molecular weight is 551 g/mol. The summed E-state index contributed by atoms with van der Waals surface area (Å²) in [6.07, 6.45) is 9.87. The Morgan fingerprint density at radius 1 is 1.03 bits per heavy atom. The summed E-state index contributed by atoms with van der Waals surface area (Å²) >= 11 is 8.17. The van der Waals surface area contributed by atoms with Gasteiger partial charge in [0, 0.05) is 50.2 Å². The maximum Gasteiger partial charge on any atom is 0.223 e.